The van der Waals surface area contributed by atoms with Crippen LogP contribution in [0.3, 0.4) is 0 Å². The van der Waals surface area contributed by atoms with Gasteiger partial charge in [-0.1, -0.05) is 6.92 Å². The van der Waals surface area contributed by atoms with Crippen LogP contribution in [0.5, 0.6) is 0 Å². The fraction of sp³-hybridized carbons (Fsp3) is 0.364. The van der Waals surface area contributed by atoms with E-state index in [1.807, 2.05) is 30.5 Å². The molecule has 0 aliphatic rings. The molecule has 0 unspecified atom stereocenters. The maximum atomic E-state index is 4.70. The van der Waals surface area contributed by atoms with Crippen LogP contribution in [0.25, 0.3) is 0 Å². The monoisotopic (exact) mass is 408 g/mol. The van der Waals surface area contributed by atoms with Crippen LogP contribution in [0.15, 0.2) is 58.5 Å². The predicted molar refractivity (Wildman–Crippen MR) is 116 cm³/mol. The van der Waals surface area contributed by atoms with E-state index >= 15 is 0 Å². The van der Waals surface area contributed by atoms with E-state index in [1.54, 1.807) is 0 Å². The second kappa shape index (κ2) is 11.6. The molecule has 0 saturated heterocycles. The Hall–Kier alpha value is -2.13. The van der Waals surface area contributed by atoms with Crippen LogP contribution in [0, 0.1) is 0 Å². The van der Waals surface area contributed by atoms with Crippen molar-refractivity contribution in [3.63, 3.8) is 0 Å². The molecule has 0 amide bonds. The Morgan fingerprint density at radius 3 is 1.67 bits per heavy atom. The van der Waals surface area contributed by atoms with Crippen LogP contribution in [0.2, 0.25) is 0 Å². The molecule has 0 bridgehead atoms. The van der Waals surface area contributed by atoms with Crippen molar-refractivity contribution < 1.29 is 16.5 Å². The molecule has 2 rings (SSSR count). The molecule has 0 aliphatic heterocycles. The van der Waals surface area contributed by atoms with E-state index in [1.165, 1.54) is 0 Å². The summed E-state index contributed by atoms with van der Waals surface area (Å²) in [6.07, 6.45) is 2.69. The van der Waals surface area contributed by atoms with Gasteiger partial charge in [0.25, 0.3) is 0 Å². The summed E-state index contributed by atoms with van der Waals surface area (Å²) in [7, 11) is 0. The first kappa shape index (κ1) is 22.9. The van der Waals surface area contributed by atoms with Gasteiger partial charge in [-0.05, 0) is 82.6 Å². The molecule has 0 spiro atoms. The van der Waals surface area contributed by atoms with Crippen molar-refractivity contribution in [2.24, 2.45) is 9.98 Å². The largest absolute Gasteiger partial charge is 0.383 e. The molecular formula is C22H30N4Ni. The number of anilines is 2. The van der Waals surface area contributed by atoms with Gasteiger partial charge in [0.15, 0.2) is 0 Å². The average Bonchev–Trinajstić information content (AvgIpc) is 2.60. The quantitative estimate of drug-likeness (QED) is 0.402. The molecule has 27 heavy (non-hydrogen) atoms. The summed E-state index contributed by atoms with van der Waals surface area (Å²) < 4.78 is 0. The Labute approximate surface area is 173 Å². The third kappa shape index (κ3) is 8.40. The van der Waals surface area contributed by atoms with Crippen molar-refractivity contribution >= 4 is 34.7 Å². The van der Waals surface area contributed by atoms with Gasteiger partial charge >= 0.3 is 0 Å². The van der Waals surface area contributed by atoms with Gasteiger partial charge in [0, 0.05) is 46.2 Å². The zero-order valence-electron chi connectivity index (χ0n) is 16.8. The summed E-state index contributed by atoms with van der Waals surface area (Å²) in [4.78, 5) is 9.25. The molecule has 0 radical (unpaired) electrons. The molecule has 2 N–H and O–H groups in total. The first-order chi connectivity index (χ1) is 12.5. The van der Waals surface area contributed by atoms with Crippen molar-refractivity contribution in [2.45, 2.75) is 53.1 Å². The molecule has 4 nitrogen and oxygen atoms in total. The minimum atomic E-state index is 0. The zero-order chi connectivity index (χ0) is 18.9. The summed E-state index contributed by atoms with van der Waals surface area (Å²) in [6.45, 7) is 10.6. The fourth-order valence-corrected chi connectivity index (χ4v) is 2.46. The molecule has 148 valence electrons. The molecule has 0 saturated carbocycles. The van der Waals surface area contributed by atoms with Crippen LogP contribution >= 0.6 is 0 Å². The Bertz CT molecular complexity index is 732. The van der Waals surface area contributed by atoms with Crippen molar-refractivity contribution in [1.82, 2.24) is 0 Å². The molecule has 2 aromatic rings. The molecule has 0 aromatic heterocycles. The Kier molecular flexibility index (Phi) is 9.81. The molecule has 0 atom stereocenters. The van der Waals surface area contributed by atoms with E-state index in [9.17, 15) is 0 Å². The average molecular weight is 409 g/mol. The third-order valence-electron chi connectivity index (χ3n) is 3.64. The predicted octanol–water partition coefficient (Wildman–Crippen LogP) is 6.21. The maximum Gasteiger partial charge on any atom is 0.0635 e. The standard InChI is InChI=1S/C22H30N4.Ni/c1-6-18(26-22-13-11-21(12-14-22)25-17(4)5)15-23-19-7-9-20(10-8-19)24-16(2)3;/h7-17,24-25H,6H2,1-5H3;/b23-15+,26-18+;. The number of benzene rings is 2. The number of nitrogens with zero attached hydrogens (tertiary/aromatic N) is 2. The number of aliphatic imine (C=N–C) groups is 2. The number of hydrogen-bond acceptors (Lipinski definition) is 4. The van der Waals surface area contributed by atoms with E-state index < -0.39 is 0 Å². The smallest absolute Gasteiger partial charge is 0.0635 e. The van der Waals surface area contributed by atoms with E-state index in [0.717, 1.165) is 34.9 Å². The molecule has 0 fully saturated rings. The van der Waals surface area contributed by atoms with E-state index in [0.29, 0.717) is 12.1 Å². The van der Waals surface area contributed by atoms with Gasteiger partial charge < -0.3 is 10.6 Å². The molecule has 0 heterocycles. The minimum Gasteiger partial charge on any atom is -0.383 e. The van der Waals surface area contributed by atoms with Crippen molar-refractivity contribution in [3.8, 4) is 0 Å². The second-order valence-electron chi connectivity index (χ2n) is 6.91. The van der Waals surface area contributed by atoms with Gasteiger partial charge in [-0.3, -0.25) is 9.98 Å². The topological polar surface area (TPSA) is 48.8 Å². The Morgan fingerprint density at radius 2 is 1.26 bits per heavy atom. The van der Waals surface area contributed by atoms with E-state index in [2.05, 4.69) is 74.5 Å². The number of nitrogens with one attached hydrogen (secondary N) is 2. The summed E-state index contributed by atoms with van der Waals surface area (Å²) >= 11 is 0. The van der Waals surface area contributed by atoms with Crippen LogP contribution in [-0.2, 0) is 16.5 Å². The molecular weight excluding hydrogens is 379 g/mol. The summed E-state index contributed by atoms with van der Waals surface area (Å²) in [6, 6.07) is 17.2. The first-order valence-corrected chi connectivity index (χ1v) is 9.31. The van der Waals surface area contributed by atoms with Gasteiger partial charge in [-0.25, -0.2) is 0 Å². The minimum absolute atomic E-state index is 0. The third-order valence-corrected chi connectivity index (χ3v) is 3.64. The molecule has 0 aliphatic carbocycles. The zero-order valence-corrected chi connectivity index (χ0v) is 17.8. The first-order valence-electron chi connectivity index (χ1n) is 9.31. The molecule has 2 aromatic carbocycles. The van der Waals surface area contributed by atoms with Gasteiger partial charge in [-0.15, -0.1) is 0 Å². The molecule has 5 heteroatoms. The fourth-order valence-electron chi connectivity index (χ4n) is 2.46. The maximum absolute atomic E-state index is 4.70. The number of hydrogen-bond donors (Lipinski definition) is 2. The summed E-state index contributed by atoms with van der Waals surface area (Å²) in [5, 5.41) is 6.76. The summed E-state index contributed by atoms with van der Waals surface area (Å²) in [5.74, 6) is 0. The SMILES string of the molecule is CCC(/C=N/c1ccc(NC(C)C)cc1)=N\c1ccc(NC(C)C)cc1.[Ni]. The van der Waals surface area contributed by atoms with Crippen molar-refractivity contribution in [2.75, 3.05) is 10.6 Å². The van der Waals surface area contributed by atoms with Crippen LogP contribution < -0.4 is 10.6 Å². The normalized spacial score (nSPS) is 11.7. The van der Waals surface area contributed by atoms with Crippen LogP contribution in [0.1, 0.15) is 41.0 Å². The van der Waals surface area contributed by atoms with Crippen LogP contribution in [0.4, 0.5) is 22.7 Å². The van der Waals surface area contributed by atoms with Gasteiger partial charge in [0.2, 0.25) is 0 Å². The van der Waals surface area contributed by atoms with Crippen molar-refractivity contribution in [1.29, 1.82) is 0 Å². The Morgan fingerprint density at radius 1 is 0.815 bits per heavy atom. The van der Waals surface area contributed by atoms with E-state index in [-0.39, 0.29) is 16.5 Å². The number of rotatable bonds is 8. The van der Waals surface area contributed by atoms with Crippen molar-refractivity contribution in [3.05, 3.63) is 48.5 Å². The van der Waals surface area contributed by atoms with Gasteiger partial charge in [0.1, 0.15) is 0 Å². The second-order valence-corrected chi connectivity index (χ2v) is 6.91. The summed E-state index contributed by atoms with van der Waals surface area (Å²) in [5.41, 5.74) is 5.05. The van der Waals surface area contributed by atoms with E-state index in [4.69, 9.17) is 4.99 Å². The van der Waals surface area contributed by atoms with Crippen LogP contribution in [-0.4, -0.2) is 24.0 Å². The Balaban J connectivity index is 0.00000364. The van der Waals surface area contributed by atoms with Gasteiger partial charge in [-0.2, -0.15) is 0 Å². The van der Waals surface area contributed by atoms with Gasteiger partial charge in [0.05, 0.1) is 17.1 Å².